The van der Waals surface area contributed by atoms with Crippen molar-refractivity contribution in [3.63, 3.8) is 0 Å². The van der Waals surface area contributed by atoms with Gasteiger partial charge in [-0.05, 0) is 29.7 Å². The summed E-state index contributed by atoms with van der Waals surface area (Å²) in [6, 6.07) is 8.85. The topological polar surface area (TPSA) is 197 Å². The molecule has 0 amide bonds. The van der Waals surface area contributed by atoms with Crippen LogP contribution in [-0.4, -0.2) is 36.0 Å². The number of hydrogen-bond donors (Lipinski definition) is 3. The number of hydrogen-bond acceptors (Lipinski definition) is 9. The molecular formula is C16H11N3NaO9S2+. The van der Waals surface area contributed by atoms with Crippen LogP contribution in [0.3, 0.4) is 0 Å². The van der Waals surface area contributed by atoms with Crippen molar-refractivity contribution in [2.24, 2.45) is 10.2 Å². The van der Waals surface area contributed by atoms with Gasteiger partial charge >= 0.3 is 29.6 Å². The molecule has 0 radical (unpaired) electrons. The number of nitro benzene ring substituents is 1. The standard InChI is InChI=1S/C16H11N3O9S2.Na/c20-16-14-9(2-1-3-12(14)29(23,24)25)8-13(30(26,27)28)15(16)18-17-10-4-6-11(7-5-10)19(21)22;/h1-8,20H,(H,23,24,25)(H,26,27,28);/q;+1. The Morgan fingerprint density at radius 2 is 1.45 bits per heavy atom. The van der Waals surface area contributed by atoms with E-state index in [2.05, 4.69) is 10.2 Å². The maximum atomic E-state index is 11.8. The molecule has 0 aliphatic rings. The van der Waals surface area contributed by atoms with E-state index in [1.165, 1.54) is 24.3 Å². The Morgan fingerprint density at radius 3 is 1.97 bits per heavy atom. The SMILES string of the molecule is O=[N+]([O-])c1ccc(N=Nc2c(S(=O)(=O)O)cc3cccc(S(=O)(=O)O)c3c2O)cc1.[Na+]. The molecule has 0 unspecified atom stereocenters. The number of nitrogens with zero attached hydrogens (tertiary/aromatic N) is 3. The van der Waals surface area contributed by atoms with E-state index in [9.17, 15) is 41.2 Å². The van der Waals surface area contributed by atoms with Crippen molar-refractivity contribution in [2.45, 2.75) is 9.79 Å². The second kappa shape index (κ2) is 8.96. The maximum Gasteiger partial charge on any atom is 1.00 e. The third kappa shape index (κ3) is 5.24. The van der Waals surface area contributed by atoms with Crippen LogP contribution in [0.1, 0.15) is 0 Å². The van der Waals surface area contributed by atoms with Gasteiger partial charge in [0.1, 0.15) is 15.5 Å². The van der Waals surface area contributed by atoms with Gasteiger partial charge in [0.25, 0.3) is 25.9 Å². The van der Waals surface area contributed by atoms with E-state index in [1.54, 1.807) is 0 Å². The van der Waals surface area contributed by atoms with E-state index in [-0.39, 0.29) is 46.3 Å². The van der Waals surface area contributed by atoms with Gasteiger partial charge in [0, 0.05) is 17.5 Å². The van der Waals surface area contributed by atoms with E-state index >= 15 is 0 Å². The fraction of sp³-hybridized carbons (Fsp3) is 0. The average molecular weight is 476 g/mol. The summed E-state index contributed by atoms with van der Waals surface area (Å²) in [7, 11) is -9.74. The van der Waals surface area contributed by atoms with Crippen LogP contribution in [0, 0.1) is 10.1 Å². The van der Waals surface area contributed by atoms with Crippen molar-refractivity contribution in [1.82, 2.24) is 0 Å². The molecule has 15 heteroatoms. The molecule has 3 rings (SSSR count). The summed E-state index contributed by atoms with van der Waals surface area (Å²) in [6.07, 6.45) is 0. The van der Waals surface area contributed by atoms with E-state index in [1.807, 2.05) is 0 Å². The molecule has 0 saturated carbocycles. The number of phenols is 1. The van der Waals surface area contributed by atoms with Gasteiger partial charge in [-0.3, -0.25) is 19.2 Å². The molecular weight excluding hydrogens is 465 g/mol. The van der Waals surface area contributed by atoms with Crippen LogP contribution >= 0.6 is 0 Å². The number of rotatable bonds is 5. The first kappa shape index (κ1) is 24.8. The predicted octanol–water partition coefficient (Wildman–Crippen LogP) is 0.366. The summed E-state index contributed by atoms with van der Waals surface area (Å²) in [5.74, 6) is -0.973. The third-order valence-corrected chi connectivity index (χ3v) is 5.68. The molecule has 3 aromatic carbocycles. The summed E-state index contributed by atoms with van der Waals surface area (Å²) in [5, 5.41) is 27.9. The minimum Gasteiger partial charge on any atom is -0.505 e. The molecule has 31 heavy (non-hydrogen) atoms. The minimum atomic E-state index is -4.93. The molecule has 3 N–H and O–H groups in total. The molecule has 156 valence electrons. The van der Waals surface area contributed by atoms with Crippen molar-refractivity contribution >= 4 is 48.1 Å². The summed E-state index contributed by atoms with van der Waals surface area (Å²) in [6.45, 7) is 0. The molecule has 0 aromatic heterocycles. The summed E-state index contributed by atoms with van der Waals surface area (Å²) >= 11 is 0. The summed E-state index contributed by atoms with van der Waals surface area (Å²) in [4.78, 5) is 8.45. The first-order valence-corrected chi connectivity index (χ1v) is 10.7. The number of aromatic hydroxyl groups is 1. The van der Waals surface area contributed by atoms with Gasteiger partial charge in [-0.1, -0.05) is 12.1 Å². The van der Waals surface area contributed by atoms with E-state index < -0.39 is 51.8 Å². The van der Waals surface area contributed by atoms with Crippen LogP contribution in [0.15, 0.2) is 68.6 Å². The Bertz CT molecular complexity index is 1420. The predicted molar refractivity (Wildman–Crippen MR) is 103 cm³/mol. The number of azo groups is 1. The summed E-state index contributed by atoms with van der Waals surface area (Å²) < 4.78 is 65.7. The van der Waals surface area contributed by atoms with Crippen LogP contribution in [0.25, 0.3) is 10.8 Å². The molecule has 3 aromatic rings. The van der Waals surface area contributed by atoms with Gasteiger partial charge in [0.2, 0.25) is 0 Å². The molecule has 0 fully saturated rings. The fourth-order valence-electron chi connectivity index (χ4n) is 2.62. The van der Waals surface area contributed by atoms with Gasteiger partial charge in [0.05, 0.1) is 10.6 Å². The van der Waals surface area contributed by atoms with Crippen molar-refractivity contribution in [2.75, 3.05) is 0 Å². The zero-order chi connectivity index (χ0) is 22.3. The van der Waals surface area contributed by atoms with Crippen molar-refractivity contribution in [3.8, 4) is 5.75 Å². The molecule has 0 bridgehead atoms. The molecule has 0 heterocycles. The Balaban J connectivity index is 0.00000341. The molecule has 0 aliphatic carbocycles. The number of fused-ring (bicyclic) bond motifs is 1. The van der Waals surface area contributed by atoms with Crippen LogP contribution in [0.2, 0.25) is 0 Å². The minimum absolute atomic E-state index is 0. The van der Waals surface area contributed by atoms with Crippen molar-refractivity contribution in [3.05, 3.63) is 58.6 Å². The Kier molecular flexibility index (Phi) is 7.17. The second-order valence-corrected chi connectivity index (χ2v) is 8.63. The zero-order valence-corrected chi connectivity index (χ0v) is 19.2. The van der Waals surface area contributed by atoms with Crippen LogP contribution < -0.4 is 29.6 Å². The van der Waals surface area contributed by atoms with Crippen molar-refractivity contribution in [1.29, 1.82) is 0 Å². The number of phenolic OH excluding ortho intramolecular Hbond substituents is 1. The first-order valence-electron chi connectivity index (χ1n) is 7.79. The molecule has 0 aliphatic heterocycles. The Morgan fingerprint density at radius 1 is 0.871 bits per heavy atom. The Hall–Kier alpha value is -2.46. The van der Waals surface area contributed by atoms with Crippen LogP contribution in [0.4, 0.5) is 17.1 Å². The molecule has 0 saturated heterocycles. The monoisotopic (exact) mass is 476 g/mol. The Labute approximate surface area is 197 Å². The fourth-order valence-corrected chi connectivity index (χ4v) is 4.00. The zero-order valence-electron chi connectivity index (χ0n) is 15.6. The van der Waals surface area contributed by atoms with E-state index in [4.69, 9.17) is 0 Å². The van der Waals surface area contributed by atoms with Crippen LogP contribution in [0.5, 0.6) is 5.75 Å². The van der Waals surface area contributed by atoms with E-state index in [0.29, 0.717) is 0 Å². The number of benzene rings is 3. The quantitative estimate of drug-likeness (QED) is 0.153. The van der Waals surface area contributed by atoms with Gasteiger partial charge in [-0.25, -0.2) is 0 Å². The van der Waals surface area contributed by atoms with Crippen LogP contribution in [-0.2, 0) is 20.2 Å². The van der Waals surface area contributed by atoms with Gasteiger partial charge < -0.3 is 5.11 Å². The number of non-ortho nitro benzene ring substituents is 1. The van der Waals surface area contributed by atoms with Gasteiger partial charge in [0.15, 0.2) is 5.75 Å². The van der Waals surface area contributed by atoms with Crippen molar-refractivity contribution < 1.29 is 65.5 Å². The first-order chi connectivity index (χ1) is 13.9. The number of nitro groups is 1. The summed E-state index contributed by atoms with van der Waals surface area (Å²) in [5.41, 5.74) is -0.997. The second-order valence-electron chi connectivity index (χ2n) is 5.85. The smallest absolute Gasteiger partial charge is 0.505 e. The van der Waals surface area contributed by atoms with Gasteiger partial charge in [-0.2, -0.15) is 21.9 Å². The normalized spacial score (nSPS) is 12.1. The largest absolute Gasteiger partial charge is 1.00 e. The molecule has 12 nitrogen and oxygen atoms in total. The third-order valence-electron chi connectivity index (χ3n) is 3.92. The van der Waals surface area contributed by atoms with Gasteiger partial charge in [-0.15, -0.1) is 5.11 Å². The average Bonchev–Trinajstić information content (AvgIpc) is 2.65. The molecule has 0 atom stereocenters. The molecule has 0 spiro atoms. The maximum absolute atomic E-state index is 11.8. The van der Waals surface area contributed by atoms with E-state index in [0.717, 1.165) is 24.3 Å².